The van der Waals surface area contributed by atoms with E-state index in [0.717, 1.165) is 19.8 Å². The number of alkyl halides is 1. The van der Waals surface area contributed by atoms with Gasteiger partial charge in [0.1, 0.15) is 18.1 Å². The Morgan fingerprint density at radius 3 is 1.35 bits per heavy atom. The van der Waals surface area contributed by atoms with Gasteiger partial charge in [-0.2, -0.15) is 0 Å². The van der Waals surface area contributed by atoms with Gasteiger partial charge in [-0.05, 0) is 198 Å². The number of amides is 2. The van der Waals surface area contributed by atoms with E-state index < -0.39 is 125 Å². The zero-order valence-electron chi connectivity index (χ0n) is 65.3. The minimum Gasteiger partial charge on any atom is -0.458 e. The molecule has 26 atom stereocenters. The molecule has 0 aromatic carbocycles. The second-order valence-corrected chi connectivity index (χ2v) is 31.4. The predicted octanol–water partition coefficient (Wildman–Crippen LogP) is 10.7. The summed E-state index contributed by atoms with van der Waals surface area (Å²) in [5, 5.41) is 14.4. The van der Waals surface area contributed by atoms with Crippen molar-refractivity contribution in [2.45, 2.75) is 302 Å². The van der Waals surface area contributed by atoms with E-state index in [2.05, 4.69) is 68.4 Å². The summed E-state index contributed by atoms with van der Waals surface area (Å²) in [6.45, 7) is 35.4. The highest BCUT2D eigenvalue weighted by Gasteiger charge is 2.62. The second kappa shape index (κ2) is 37.3. The Labute approximate surface area is 600 Å². The first-order valence-corrected chi connectivity index (χ1v) is 36.9. The fourth-order valence-corrected chi connectivity index (χ4v) is 17.0. The number of methoxy groups -OCH3 is 2. The average Bonchev–Trinajstić information content (AvgIpc) is 1.63. The molecule has 0 aliphatic carbocycles. The average molecular weight is 1440 g/mol. The molecule has 6 aliphatic rings. The van der Waals surface area contributed by atoms with E-state index in [0.29, 0.717) is 77.7 Å². The molecular weight excluding hydrogens is 1310 g/mol. The largest absolute Gasteiger partial charge is 0.458 e. The second-order valence-electron chi connectivity index (χ2n) is 31.4. The Morgan fingerprint density at radius 2 is 0.980 bits per heavy atom. The van der Waals surface area contributed by atoms with Crippen LogP contribution in [0.5, 0.6) is 0 Å². The van der Waals surface area contributed by atoms with Crippen molar-refractivity contribution in [3.63, 3.8) is 0 Å². The summed E-state index contributed by atoms with van der Waals surface area (Å²) >= 11 is 0. The molecule has 28 nitrogen and oxygen atoms in total. The van der Waals surface area contributed by atoms with Gasteiger partial charge in [-0.1, -0.05) is 65.6 Å². The fourth-order valence-electron chi connectivity index (χ4n) is 17.0. The number of azide groups is 2. The number of cyclic esters (lactones) is 2. The van der Waals surface area contributed by atoms with E-state index in [-0.39, 0.29) is 78.8 Å². The van der Waals surface area contributed by atoms with Gasteiger partial charge in [0, 0.05) is 98.1 Å². The van der Waals surface area contributed by atoms with Gasteiger partial charge in [0.05, 0.1) is 47.7 Å². The smallest absolute Gasteiger partial charge is 0.410 e. The quantitative estimate of drug-likeness (QED) is 0.0217. The third-order valence-electron chi connectivity index (χ3n) is 22.8. The third-order valence-corrected chi connectivity index (χ3v) is 22.8. The Morgan fingerprint density at radius 1 is 0.594 bits per heavy atom. The number of nitrogens with one attached hydrogen (secondary N) is 2. The van der Waals surface area contributed by atoms with Crippen molar-refractivity contribution in [2.24, 2.45) is 51.7 Å². The molecule has 6 rings (SSSR count). The summed E-state index contributed by atoms with van der Waals surface area (Å²) in [5.74, 6) is -6.44. The molecule has 2 N–H and O–H groups in total. The maximum Gasteiger partial charge on any atom is 0.410 e. The van der Waals surface area contributed by atoms with Crippen LogP contribution in [0, 0.1) is 41.4 Å². The van der Waals surface area contributed by atoms with Gasteiger partial charge >= 0.3 is 24.1 Å². The van der Waals surface area contributed by atoms with Crippen LogP contribution >= 0.6 is 0 Å². The minimum absolute atomic E-state index is 0.0127. The molecule has 0 saturated carbocycles. The summed E-state index contributed by atoms with van der Waals surface area (Å²) in [7, 11) is 11.3. The zero-order chi connectivity index (χ0) is 76.0. The summed E-state index contributed by atoms with van der Waals surface area (Å²) in [6, 6.07) is -1.38. The number of fused-ring (bicyclic) bond motifs is 2. The van der Waals surface area contributed by atoms with Gasteiger partial charge in [0.25, 0.3) is 5.67 Å². The van der Waals surface area contributed by atoms with Crippen molar-refractivity contribution >= 4 is 35.7 Å². The first-order chi connectivity index (χ1) is 47.2. The number of ketones is 2. The van der Waals surface area contributed by atoms with Crippen LogP contribution in [0.4, 0.5) is 14.0 Å². The lowest BCUT2D eigenvalue weighted by molar-refractivity contribution is -0.281. The molecule has 7 unspecified atom stereocenters. The number of nitrogens with zero attached hydrogens (tertiary/aromatic N) is 10. The van der Waals surface area contributed by atoms with Crippen molar-refractivity contribution < 1.29 is 80.5 Å². The lowest BCUT2D eigenvalue weighted by Gasteiger charge is -2.47. The van der Waals surface area contributed by atoms with E-state index in [9.17, 15) is 28.8 Å². The van der Waals surface area contributed by atoms with Gasteiger partial charge in [-0.15, -0.1) is 0 Å². The number of unbranched alkanes of at least 4 members (excludes halogenated alkanes) is 2. The summed E-state index contributed by atoms with van der Waals surface area (Å²) in [5.41, 5.74) is 9.64. The van der Waals surface area contributed by atoms with Crippen LogP contribution in [0.2, 0.25) is 0 Å². The van der Waals surface area contributed by atoms with E-state index in [1.54, 1.807) is 58.6 Å². The molecule has 578 valence electrons. The highest BCUT2D eigenvalue weighted by Crippen LogP contribution is 2.44. The predicted molar refractivity (Wildman–Crippen MR) is 379 cm³/mol. The molecule has 0 spiro atoms. The van der Waals surface area contributed by atoms with Gasteiger partial charge in [0.2, 0.25) is 0 Å². The first-order valence-electron chi connectivity index (χ1n) is 36.9. The van der Waals surface area contributed by atoms with Crippen LogP contribution in [-0.2, 0) is 66.5 Å². The minimum atomic E-state index is -3.06. The van der Waals surface area contributed by atoms with Crippen LogP contribution in [0.25, 0.3) is 20.9 Å². The highest BCUT2D eigenvalue weighted by atomic mass is 19.1. The van der Waals surface area contributed by atoms with Gasteiger partial charge in [-0.3, -0.25) is 24.2 Å². The number of Topliss-reactive ketones (excluding diaryl/α,β-unsaturated/α-hetero) is 2. The molecular formula is C72H127FN12O16. The molecule has 6 aliphatic heterocycles. The highest BCUT2D eigenvalue weighted by molar-refractivity contribution is 6.08. The van der Waals surface area contributed by atoms with E-state index in [1.165, 1.54) is 0 Å². The number of esters is 2. The Balaban J connectivity index is 0.000000364. The van der Waals surface area contributed by atoms with Crippen LogP contribution in [0.1, 0.15) is 189 Å². The molecule has 29 heteroatoms. The van der Waals surface area contributed by atoms with Crippen molar-refractivity contribution in [3.05, 3.63) is 20.9 Å². The van der Waals surface area contributed by atoms with E-state index >= 15 is 4.39 Å². The lowest BCUT2D eigenvalue weighted by Crippen LogP contribution is -2.61. The van der Waals surface area contributed by atoms with E-state index in [1.807, 2.05) is 83.3 Å². The Hall–Kier alpha value is -5.03. The number of ether oxygens (including phenoxy) is 10. The fraction of sp³-hybridized carbons (Fsp3) is 0.917. The van der Waals surface area contributed by atoms with Crippen LogP contribution in [0.15, 0.2) is 10.2 Å². The number of rotatable bonds is 20. The summed E-state index contributed by atoms with van der Waals surface area (Å²) in [4.78, 5) is 96.3. The number of halogens is 1. The van der Waals surface area contributed by atoms with Crippen molar-refractivity contribution in [3.8, 4) is 0 Å². The molecule has 6 saturated heterocycles. The lowest BCUT2D eigenvalue weighted by atomic mass is 9.77. The molecule has 0 aromatic rings. The van der Waals surface area contributed by atoms with Crippen LogP contribution < -0.4 is 10.6 Å². The Kier molecular flexibility index (Phi) is 32.0. The molecule has 0 radical (unpaired) electrons. The van der Waals surface area contributed by atoms with Crippen molar-refractivity contribution in [1.29, 1.82) is 0 Å². The number of carbonyl (C=O) groups is 6. The zero-order valence-corrected chi connectivity index (χ0v) is 65.3. The number of carbonyl (C=O) groups excluding carboxylic acids is 6. The molecule has 6 fully saturated rings. The normalized spacial score (nSPS) is 41.2. The molecule has 101 heavy (non-hydrogen) atoms. The van der Waals surface area contributed by atoms with Crippen molar-refractivity contribution in [1.82, 2.24) is 30.2 Å². The van der Waals surface area contributed by atoms with Crippen molar-refractivity contribution in [2.75, 3.05) is 81.7 Å². The van der Waals surface area contributed by atoms with Gasteiger partial charge in [0.15, 0.2) is 35.3 Å². The standard InChI is InChI=1S/C36H63FN6O8.C36H64N6O8/c1-13-27-36(9)28(43(33(46)51-36)17-15-14-16-40-41-38)25(6)39-20-21(2)19-34(7,47-12)30(24(5)29(44)35(8,37)32(45)49-27)50-31-23(4)26(42(10)11)18-22(3)48-31;1-13-28-36(9)30(42(34(45)50-36)17-15-14-16-39-40-37)26(7)38-20-21(2)19-35(8,46-12)31(24(5)29(43)25(6)32(44)48-28)49-33-23(4)27(41(10)11)18-22(3)47-33/h21-28,30-31,39H,13-20H2,1-12H3;21-28,30-31,33,38H,13-20H2,1-12H3/t21-,22?,23?,24+,25-,26?,27-,28-,30-,31+,34-,35?,36-;21-,22?,23?,24+,25-,26-,27?,28-,30-,31-,33+,35-,36-/m11/s1. The maximum atomic E-state index is 16.8. The molecule has 6 heterocycles. The van der Waals surface area contributed by atoms with Gasteiger partial charge in [-0.25, -0.2) is 18.8 Å². The summed E-state index contributed by atoms with van der Waals surface area (Å²) in [6.07, 6.45) is -0.710. The SMILES string of the molecule is CC[C@H]1OC(=O)C(C)(F)C(=O)[C@H](C)[C@@H](O[C@@H]2OC(C)CC(N(C)C)C2C)[C@](C)(OC)C[C@@H](C)CN[C@H](C)[C@H]2N(CCCCN=[N+]=[N-])C(=O)O[C@]12C.CC[C@H]1OC(=O)[C@H](C)C(=O)[C@H](C)[C@@H](O[C@@H]2OC(C)CC(N(C)C)C2C)[C@](C)(OC)C[C@@H](C)CN[C@H](C)[C@H]2N(CCCCN=[N+]=[N-])C(=O)O[C@]12C. The topological polar surface area (TPSA) is 329 Å². The molecule has 0 aromatic heterocycles. The van der Waals surface area contributed by atoms with Crippen LogP contribution in [0.3, 0.4) is 0 Å². The summed E-state index contributed by atoms with van der Waals surface area (Å²) < 4.78 is 79.7. The monoisotopic (exact) mass is 1430 g/mol. The van der Waals surface area contributed by atoms with E-state index in [4.69, 9.17) is 58.4 Å². The third kappa shape index (κ3) is 20.3. The van der Waals surface area contributed by atoms with Crippen LogP contribution in [-0.4, -0.2) is 250 Å². The van der Waals surface area contributed by atoms with Gasteiger partial charge < -0.3 is 67.8 Å². The molecule has 0 bridgehead atoms. The first kappa shape index (κ1) is 86.6. The number of hydrogen-bond donors (Lipinski definition) is 2. The number of hydrogen-bond acceptors (Lipinski definition) is 22. The Bertz CT molecular complexity index is 2860. The maximum absolute atomic E-state index is 16.8. The molecule has 2 amide bonds.